The zero-order valence-electron chi connectivity index (χ0n) is 7.00. The maximum atomic E-state index is 8.88. The first-order valence-corrected chi connectivity index (χ1v) is 4.79. The number of aryl methyl sites for hydroxylation is 1. The minimum Gasteiger partial charge on any atom is -0.396 e. The van der Waals surface area contributed by atoms with Crippen LogP contribution < -0.4 is 0 Å². The Labute approximate surface area is 71.7 Å². The summed E-state index contributed by atoms with van der Waals surface area (Å²) >= 11 is 1.81. The Bertz CT molecular complexity index is 217. The second kappa shape index (κ2) is 3.88. The summed E-state index contributed by atoms with van der Waals surface area (Å²) in [6, 6.07) is 4.26. The minimum absolute atomic E-state index is 0.254. The van der Waals surface area contributed by atoms with Crippen molar-refractivity contribution < 1.29 is 5.11 Å². The van der Waals surface area contributed by atoms with Crippen molar-refractivity contribution in [3.05, 3.63) is 21.9 Å². The first-order valence-electron chi connectivity index (χ1n) is 3.97. The van der Waals surface area contributed by atoms with Crippen LogP contribution in [-0.2, 0) is 6.42 Å². The van der Waals surface area contributed by atoms with Gasteiger partial charge in [0.05, 0.1) is 6.61 Å². The van der Waals surface area contributed by atoms with Gasteiger partial charge in [-0.1, -0.05) is 13.8 Å². The highest BCUT2D eigenvalue weighted by Gasteiger charge is 2.05. The van der Waals surface area contributed by atoms with Crippen LogP contribution in [0.25, 0.3) is 0 Å². The second-order valence-electron chi connectivity index (χ2n) is 2.74. The molecule has 2 heteroatoms. The van der Waals surface area contributed by atoms with Gasteiger partial charge in [0, 0.05) is 15.7 Å². The van der Waals surface area contributed by atoms with Crippen LogP contribution >= 0.6 is 11.3 Å². The van der Waals surface area contributed by atoms with Crippen LogP contribution in [0.15, 0.2) is 12.1 Å². The average Bonchev–Trinajstić information content (AvgIpc) is 2.50. The van der Waals surface area contributed by atoms with Crippen molar-refractivity contribution in [1.29, 1.82) is 0 Å². The van der Waals surface area contributed by atoms with Gasteiger partial charge in [0.1, 0.15) is 0 Å². The number of thiophene rings is 1. The molecule has 1 aromatic heterocycles. The van der Waals surface area contributed by atoms with Crippen LogP contribution in [0, 0.1) is 0 Å². The third kappa shape index (κ3) is 2.04. The van der Waals surface area contributed by atoms with Crippen molar-refractivity contribution in [2.45, 2.75) is 26.2 Å². The molecular weight excluding hydrogens is 156 g/mol. The highest BCUT2D eigenvalue weighted by molar-refractivity contribution is 7.12. The predicted molar refractivity (Wildman–Crippen MR) is 49.2 cm³/mol. The summed E-state index contributed by atoms with van der Waals surface area (Å²) in [5, 5.41) is 8.88. The molecule has 0 aliphatic rings. The van der Waals surface area contributed by atoms with Crippen molar-refractivity contribution in [1.82, 2.24) is 0 Å². The van der Waals surface area contributed by atoms with E-state index in [-0.39, 0.29) is 6.61 Å². The van der Waals surface area contributed by atoms with E-state index in [4.69, 9.17) is 5.11 Å². The van der Waals surface area contributed by atoms with E-state index >= 15 is 0 Å². The van der Waals surface area contributed by atoms with Crippen LogP contribution in [0.5, 0.6) is 0 Å². The lowest BCUT2D eigenvalue weighted by Gasteiger charge is -2.02. The van der Waals surface area contributed by atoms with Crippen molar-refractivity contribution in [2.24, 2.45) is 0 Å². The highest BCUT2D eigenvalue weighted by atomic mass is 32.1. The van der Waals surface area contributed by atoms with Gasteiger partial charge in [0.15, 0.2) is 0 Å². The fraction of sp³-hybridized carbons (Fsp3) is 0.556. The van der Waals surface area contributed by atoms with Gasteiger partial charge < -0.3 is 5.11 Å². The third-order valence-corrected chi connectivity index (χ3v) is 3.25. The Morgan fingerprint density at radius 2 is 2.27 bits per heavy atom. The van der Waals surface area contributed by atoms with E-state index in [0.29, 0.717) is 5.92 Å². The summed E-state index contributed by atoms with van der Waals surface area (Å²) in [4.78, 5) is 2.70. The number of hydrogen-bond donors (Lipinski definition) is 1. The molecule has 1 aromatic rings. The summed E-state index contributed by atoms with van der Waals surface area (Å²) in [5.74, 6) is 0.306. The Kier molecular flexibility index (Phi) is 3.09. The van der Waals surface area contributed by atoms with Gasteiger partial charge in [-0.3, -0.25) is 0 Å². The normalized spacial score (nSPS) is 13.4. The molecule has 0 fully saturated rings. The molecule has 11 heavy (non-hydrogen) atoms. The largest absolute Gasteiger partial charge is 0.396 e. The molecule has 1 nitrogen and oxygen atoms in total. The summed E-state index contributed by atoms with van der Waals surface area (Å²) in [7, 11) is 0. The molecule has 0 saturated carbocycles. The minimum atomic E-state index is 0.254. The van der Waals surface area contributed by atoms with E-state index in [1.54, 1.807) is 11.3 Å². The van der Waals surface area contributed by atoms with Crippen molar-refractivity contribution in [2.75, 3.05) is 6.61 Å². The monoisotopic (exact) mass is 170 g/mol. The molecule has 0 bridgehead atoms. The maximum Gasteiger partial charge on any atom is 0.0504 e. The van der Waals surface area contributed by atoms with Crippen LogP contribution in [0.4, 0.5) is 0 Å². The molecular formula is C9H14OS. The lowest BCUT2D eigenvalue weighted by Crippen LogP contribution is -1.94. The van der Waals surface area contributed by atoms with E-state index in [1.165, 1.54) is 9.75 Å². The molecule has 0 spiro atoms. The van der Waals surface area contributed by atoms with Gasteiger partial charge in [-0.15, -0.1) is 11.3 Å². The lowest BCUT2D eigenvalue weighted by atomic mass is 10.1. The smallest absolute Gasteiger partial charge is 0.0504 e. The van der Waals surface area contributed by atoms with Gasteiger partial charge in [0.2, 0.25) is 0 Å². The maximum absolute atomic E-state index is 8.88. The second-order valence-corrected chi connectivity index (χ2v) is 3.94. The van der Waals surface area contributed by atoms with Crippen molar-refractivity contribution >= 4 is 11.3 Å². The van der Waals surface area contributed by atoms with Crippen LogP contribution in [0.3, 0.4) is 0 Å². The molecule has 1 unspecified atom stereocenters. The number of hydrogen-bond acceptors (Lipinski definition) is 2. The molecule has 1 N–H and O–H groups in total. The zero-order valence-corrected chi connectivity index (χ0v) is 7.82. The first-order chi connectivity index (χ1) is 5.27. The summed E-state index contributed by atoms with van der Waals surface area (Å²) in [6.45, 7) is 4.45. The molecule has 0 amide bonds. The van der Waals surface area contributed by atoms with Gasteiger partial charge in [0.25, 0.3) is 0 Å². The van der Waals surface area contributed by atoms with Crippen LogP contribution in [0.1, 0.15) is 29.5 Å². The van der Waals surface area contributed by atoms with Crippen molar-refractivity contribution in [3.63, 3.8) is 0 Å². The van der Waals surface area contributed by atoms with E-state index in [0.717, 1.165) is 6.42 Å². The number of rotatable bonds is 3. The average molecular weight is 170 g/mol. The predicted octanol–water partition coefficient (Wildman–Crippen LogP) is 2.41. The Morgan fingerprint density at radius 3 is 2.73 bits per heavy atom. The number of aliphatic hydroxyl groups is 1. The van der Waals surface area contributed by atoms with Gasteiger partial charge in [-0.05, 0) is 18.6 Å². The zero-order chi connectivity index (χ0) is 8.27. The van der Waals surface area contributed by atoms with E-state index in [9.17, 15) is 0 Å². The standard InChI is InChI=1S/C9H14OS/c1-3-8-4-5-9(11-8)7(2)6-10/h4-5,7,10H,3,6H2,1-2H3. The quantitative estimate of drug-likeness (QED) is 0.738. The van der Waals surface area contributed by atoms with E-state index in [1.807, 2.05) is 6.92 Å². The Hall–Kier alpha value is -0.340. The molecule has 1 rings (SSSR count). The molecule has 0 aliphatic heterocycles. The Balaban J connectivity index is 2.71. The summed E-state index contributed by atoms with van der Waals surface area (Å²) in [6.07, 6.45) is 1.10. The molecule has 0 aliphatic carbocycles. The van der Waals surface area contributed by atoms with Crippen LogP contribution in [0.2, 0.25) is 0 Å². The molecule has 0 aromatic carbocycles. The molecule has 0 radical (unpaired) electrons. The Morgan fingerprint density at radius 1 is 1.55 bits per heavy atom. The van der Waals surface area contributed by atoms with Gasteiger partial charge in [-0.25, -0.2) is 0 Å². The molecule has 0 saturated heterocycles. The lowest BCUT2D eigenvalue weighted by molar-refractivity contribution is 0.274. The fourth-order valence-electron chi connectivity index (χ4n) is 0.939. The molecule has 62 valence electrons. The topological polar surface area (TPSA) is 20.2 Å². The van der Waals surface area contributed by atoms with E-state index < -0.39 is 0 Å². The molecule has 1 atom stereocenters. The van der Waals surface area contributed by atoms with Gasteiger partial charge in [-0.2, -0.15) is 0 Å². The fourth-order valence-corrected chi connectivity index (χ4v) is 1.93. The number of aliphatic hydroxyl groups excluding tert-OH is 1. The van der Waals surface area contributed by atoms with Crippen LogP contribution in [-0.4, -0.2) is 11.7 Å². The molecule has 1 heterocycles. The highest BCUT2D eigenvalue weighted by Crippen LogP contribution is 2.24. The third-order valence-electron chi connectivity index (χ3n) is 1.79. The summed E-state index contributed by atoms with van der Waals surface area (Å²) in [5.41, 5.74) is 0. The first kappa shape index (κ1) is 8.75. The van der Waals surface area contributed by atoms with Crippen molar-refractivity contribution in [3.8, 4) is 0 Å². The summed E-state index contributed by atoms with van der Waals surface area (Å²) < 4.78 is 0. The van der Waals surface area contributed by atoms with Gasteiger partial charge >= 0.3 is 0 Å². The van der Waals surface area contributed by atoms with E-state index in [2.05, 4.69) is 19.1 Å². The SMILES string of the molecule is CCc1ccc(C(C)CO)s1.